The predicted octanol–water partition coefficient (Wildman–Crippen LogP) is 3.17. The van der Waals surface area contributed by atoms with Crippen molar-refractivity contribution >= 4 is 27.6 Å². The number of carbonyl (C=O) groups is 1. The summed E-state index contributed by atoms with van der Waals surface area (Å²) in [7, 11) is 0. The number of anilines is 1. The molecular weight excluding hydrogens is 356 g/mol. The molecule has 1 unspecified atom stereocenters. The first-order chi connectivity index (χ1) is 11.1. The van der Waals surface area contributed by atoms with Crippen LogP contribution in [0, 0.1) is 0 Å². The lowest BCUT2D eigenvalue weighted by Crippen LogP contribution is -2.52. The molecule has 1 heterocycles. The summed E-state index contributed by atoms with van der Waals surface area (Å²) in [5, 5.41) is 12.4. The van der Waals surface area contributed by atoms with Gasteiger partial charge in [-0.3, -0.25) is 0 Å². The molecule has 0 aliphatic carbocycles. The van der Waals surface area contributed by atoms with Crippen LogP contribution in [0.15, 0.2) is 53.0 Å². The molecule has 2 aromatic rings. The molecule has 0 amide bonds. The van der Waals surface area contributed by atoms with Gasteiger partial charge in [0.1, 0.15) is 0 Å². The maximum absolute atomic E-state index is 11.0. The van der Waals surface area contributed by atoms with E-state index in [1.54, 1.807) is 12.1 Å². The van der Waals surface area contributed by atoms with Crippen LogP contribution in [0.5, 0.6) is 0 Å². The van der Waals surface area contributed by atoms with E-state index in [4.69, 9.17) is 5.11 Å². The van der Waals surface area contributed by atoms with Crippen LogP contribution in [-0.2, 0) is 6.42 Å². The zero-order chi connectivity index (χ0) is 16.2. The first kappa shape index (κ1) is 16.0. The topological polar surface area (TPSA) is 52.6 Å². The van der Waals surface area contributed by atoms with Gasteiger partial charge in [0.2, 0.25) is 0 Å². The van der Waals surface area contributed by atoms with Crippen molar-refractivity contribution in [3.8, 4) is 0 Å². The molecule has 1 atom stereocenters. The Morgan fingerprint density at radius 2 is 1.96 bits per heavy atom. The summed E-state index contributed by atoms with van der Waals surface area (Å²) < 4.78 is 1.10. The number of rotatable bonds is 4. The average molecular weight is 375 g/mol. The van der Waals surface area contributed by atoms with E-state index in [0.29, 0.717) is 11.6 Å². The first-order valence-corrected chi connectivity index (χ1v) is 8.48. The molecule has 1 aliphatic heterocycles. The standard InChI is InChI=1S/C18H19BrN2O2/c19-16-3-1-2-4-17(16)21-10-9-20-12-15(21)11-13-5-7-14(8-6-13)18(22)23/h1-8,15,20H,9-12H2,(H,22,23). The summed E-state index contributed by atoms with van der Waals surface area (Å²) in [5.41, 5.74) is 2.69. The minimum absolute atomic E-state index is 0.332. The highest BCUT2D eigenvalue weighted by atomic mass is 79.9. The van der Waals surface area contributed by atoms with Crippen molar-refractivity contribution in [1.82, 2.24) is 5.32 Å². The van der Waals surface area contributed by atoms with E-state index in [0.717, 1.165) is 36.1 Å². The largest absolute Gasteiger partial charge is 0.478 e. The van der Waals surface area contributed by atoms with Gasteiger partial charge < -0.3 is 15.3 Å². The summed E-state index contributed by atoms with van der Waals surface area (Å²) in [6.45, 7) is 2.85. The Morgan fingerprint density at radius 3 is 2.65 bits per heavy atom. The highest BCUT2D eigenvalue weighted by molar-refractivity contribution is 9.10. The lowest BCUT2D eigenvalue weighted by atomic mass is 10.0. The number of piperazine rings is 1. The van der Waals surface area contributed by atoms with E-state index in [-0.39, 0.29) is 0 Å². The Hall–Kier alpha value is -1.85. The monoisotopic (exact) mass is 374 g/mol. The van der Waals surface area contributed by atoms with Gasteiger partial charge in [0.25, 0.3) is 0 Å². The molecule has 23 heavy (non-hydrogen) atoms. The highest BCUT2D eigenvalue weighted by Crippen LogP contribution is 2.28. The van der Waals surface area contributed by atoms with Crippen LogP contribution in [0.2, 0.25) is 0 Å². The molecule has 4 nitrogen and oxygen atoms in total. The Kier molecular flexibility index (Phi) is 4.98. The number of hydrogen-bond acceptors (Lipinski definition) is 3. The second-order valence-electron chi connectivity index (χ2n) is 5.71. The SMILES string of the molecule is O=C(O)c1ccc(CC2CNCCN2c2ccccc2Br)cc1. The molecule has 0 saturated carbocycles. The second kappa shape index (κ2) is 7.15. The summed E-state index contributed by atoms with van der Waals surface area (Å²) in [5.74, 6) is -0.884. The van der Waals surface area contributed by atoms with Crippen LogP contribution in [0.4, 0.5) is 5.69 Å². The fraction of sp³-hybridized carbons (Fsp3) is 0.278. The zero-order valence-corrected chi connectivity index (χ0v) is 14.3. The molecule has 0 aromatic heterocycles. The molecule has 1 fully saturated rings. The smallest absolute Gasteiger partial charge is 0.335 e. The summed E-state index contributed by atoms with van der Waals surface area (Å²) in [4.78, 5) is 13.4. The minimum atomic E-state index is -0.884. The minimum Gasteiger partial charge on any atom is -0.478 e. The van der Waals surface area contributed by atoms with E-state index in [1.807, 2.05) is 18.2 Å². The maximum atomic E-state index is 11.0. The van der Waals surface area contributed by atoms with Gasteiger partial charge in [-0.25, -0.2) is 4.79 Å². The first-order valence-electron chi connectivity index (χ1n) is 7.69. The predicted molar refractivity (Wildman–Crippen MR) is 95.3 cm³/mol. The van der Waals surface area contributed by atoms with Gasteiger partial charge in [-0.1, -0.05) is 24.3 Å². The van der Waals surface area contributed by atoms with Crippen LogP contribution >= 0.6 is 15.9 Å². The summed E-state index contributed by atoms with van der Waals surface area (Å²) >= 11 is 3.64. The van der Waals surface area contributed by atoms with Crippen molar-refractivity contribution in [3.05, 3.63) is 64.1 Å². The molecule has 120 valence electrons. The highest BCUT2D eigenvalue weighted by Gasteiger charge is 2.24. The molecule has 2 N–H and O–H groups in total. The van der Waals surface area contributed by atoms with Gasteiger partial charge in [-0.2, -0.15) is 0 Å². The van der Waals surface area contributed by atoms with Crippen LogP contribution in [0.25, 0.3) is 0 Å². The fourth-order valence-corrected chi connectivity index (χ4v) is 3.51. The Labute approximate surface area is 144 Å². The third-order valence-corrected chi connectivity index (χ3v) is 4.85. The van der Waals surface area contributed by atoms with Crippen LogP contribution in [-0.4, -0.2) is 36.8 Å². The number of carboxylic acids is 1. The van der Waals surface area contributed by atoms with Gasteiger partial charge in [0.05, 0.1) is 11.3 Å². The van der Waals surface area contributed by atoms with Crippen molar-refractivity contribution in [2.75, 3.05) is 24.5 Å². The zero-order valence-electron chi connectivity index (χ0n) is 12.7. The van der Waals surface area contributed by atoms with Gasteiger partial charge in [0.15, 0.2) is 0 Å². The van der Waals surface area contributed by atoms with E-state index < -0.39 is 5.97 Å². The van der Waals surface area contributed by atoms with E-state index in [2.05, 4.69) is 44.3 Å². The summed E-state index contributed by atoms with van der Waals surface area (Å²) in [6, 6.07) is 15.8. The molecule has 1 aliphatic rings. The molecule has 1 saturated heterocycles. The van der Waals surface area contributed by atoms with Gasteiger partial charge in [-0.05, 0) is 52.2 Å². The van der Waals surface area contributed by atoms with Gasteiger partial charge in [0, 0.05) is 30.1 Å². The van der Waals surface area contributed by atoms with Crippen molar-refractivity contribution in [2.24, 2.45) is 0 Å². The second-order valence-corrected chi connectivity index (χ2v) is 6.56. The maximum Gasteiger partial charge on any atom is 0.335 e. The Balaban J connectivity index is 1.79. The Bertz CT molecular complexity index is 688. The lowest BCUT2D eigenvalue weighted by molar-refractivity contribution is 0.0697. The summed E-state index contributed by atoms with van der Waals surface area (Å²) in [6.07, 6.45) is 0.883. The number of aromatic carboxylic acids is 1. The van der Waals surface area contributed by atoms with Crippen LogP contribution < -0.4 is 10.2 Å². The number of nitrogens with zero attached hydrogens (tertiary/aromatic N) is 1. The van der Waals surface area contributed by atoms with Crippen LogP contribution in [0.1, 0.15) is 15.9 Å². The third-order valence-electron chi connectivity index (χ3n) is 4.18. The van der Waals surface area contributed by atoms with Crippen LogP contribution in [0.3, 0.4) is 0 Å². The third kappa shape index (κ3) is 3.74. The normalized spacial score (nSPS) is 18.0. The fourth-order valence-electron chi connectivity index (χ4n) is 3.00. The molecule has 3 rings (SSSR count). The number of benzene rings is 2. The quantitative estimate of drug-likeness (QED) is 0.862. The average Bonchev–Trinajstić information content (AvgIpc) is 2.56. The number of nitrogens with one attached hydrogen (secondary N) is 1. The Morgan fingerprint density at radius 1 is 1.22 bits per heavy atom. The van der Waals surface area contributed by atoms with Gasteiger partial charge >= 0.3 is 5.97 Å². The number of hydrogen-bond donors (Lipinski definition) is 2. The molecule has 0 radical (unpaired) electrons. The number of halogens is 1. The molecule has 0 spiro atoms. The molecule has 5 heteroatoms. The van der Waals surface area contributed by atoms with E-state index in [1.165, 1.54) is 5.69 Å². The van der Waals surface area contributed by atoms with Crippen molar-refractivity contribution in [2.45, 2.75) is 12.5 Å². The molecule has 2 aromatic carbocycles. The van der Waals surface area contributed by atoms with E-state index in [9.17, 15) is 4.79 Å². The lowest BCUT2D eigenvalue weighted by Gasteiger charge is -2.38. The number of carboxylic acid groups (broad SMARTS) is 1. The van der Waals surface area contributed by atoms with Crippen molar-refractivity contribution in [1.29, 1.82) is 0 Å². The number of para-hydroxylation sites is 1. The molecular formula is C18H19BrN2O2. The van der Waals surface area contributed by atoms with Crippen molar-refractivity contribution in [3.63, 3.8) is 0 Å². The van der Waals surface area contributed by atoms with E-state index >= 15 is 0 Å². The van der Waals surface area contributed by atoms with Gasteiger partial charge in [-0.15, -0.1) is 0 Å². The molecule has 0 bridgehead atoms. The van der Waals surface area contributed by atoms with Crippen molar-refractivity contribution < 1.29 is 9.90 Å².